The van der Waals surface area contributed by atoms with E-state index in [1.807, 2.05) is 6.92 Å². The average Bonchev–Trinajstić information content (AvgIpc) is 2.27. The molecule has 0 aliphatic carbocycles. The summed E-state index contributed by atoms with van der Waals surface area (Å²) in [5.41, 5.74) is 7.50. The topological polar surface area (TPSA) is 46.2 Å². The van der Waals surface area contributed by atoms with Gasteiger partial charge in [-0.1, -0.05) is 39.8 Å². The smallest absolute Gasteiger partial charge is 0.0602 e. The summed E-state index contributed by atoms with van der Waals surface area (Å²) in [4.78, 5) is 1.16. The molecule has 2 atom stereocenters. The van der Waals surface area contributed by atoms with Gasteiger partial charge in [0, 0.05) is 17.4 Å². The minimum absolute atomic E-state index is 0.0551. The molecule has 0 amide bonds. The quantitative estimate of drug-likeness (QED) is 0.640. The van der Waals surface area contributed by atoms with E-state index in [4.69, 9.17) is 10.8 Å². The fourth-order valence-corrected chi connectivity index (χ4v) is 2.34. The van der Waals surface area contributed by atoms with Gasteiger partial charge >= 0.3 is 0 Å². The van der Waals surface area contributed by atoms with Crippen molar-refractivity contribution < 1.29 is 5.11 Å². The summed E-state index contributed by atoms with van der Waals surface area (Å²) >= 11 is 1.61. The molecular formula is C14H23NOS. The van der Waals surface area contributed by atoms with Crippen LogP contribution >= 0.6 is 11.8 Å². The first-order valence-electron chi connectivity index (χ1n) is 5.98. The first kappa shape index (κ1) is 14.6. The molecule has 0 aliphatic rings. The molecule has 1 aromatic carbocycles. The van der Waals surface area contributed by atoms with Crippen molar-refractivity contribution in [2.75, 3.05) is 6.61 Å². The summed E-state index contributed by atoms with van der Waals surface area (Å²) in [5.74, 6) is 0.113. The number of aliphatic hydroxyl groups excluding tert-OH is 1. The van der Waals surface area contributed by atoms with Gasteiger partial charge in [0.15, 0.2) is 0 Å². The highest BCUT2D eigenvalue weighted by molar-refractivity contribution is 7.99. The van der Waals surface area contributed by atoms with Crippen molar-refractivity contribution in [2.45, 2.75) is 43.4 Å². The van der Waals surface area contributed by atoms with Gasteiger partial charge in [-0.3, -0.25) is 0 Å². The van der Waals surface area contributed by atoms with Crippen LogP contribution < -0.4 is 5.73 Å². The Morgan fingerprint density at radius 3 is 2.18 bits per heavy atom. The maximum absolute atomic E-state index is 9.04. The number of benzene rings is 1. The predicted molar refractivity (Wildman–Crippen MR) is 75.2 cm³/mol. The minimum Gasteiger partial charge on any atom is -0.396 e. The minimum atomic E-state index is -0.0551. The molecule has 0 aliphatic heterocycles. The summed E-state index contributed by atoms with van der Waals surface area (Å²) in [6, 6.07) is 8.52. The molecule has 2 nitrogen and oxygen atoms in total. The number of rotatable bonds is 4. The van der Waals surface area contributed by atoms with Crippen LogP contribution in [0.15, 0.2) is 29.2 Å². The molecule has 3 heteroatoms. The highest BCUT2D eigenvalue weighted by Crippen LogP contribution is 2.28. The Morgan fingerprint density at radius 2 is 1.76 bits per heavy atom. The molecule has 3 N–H and O–H groups in total. The lowest BCUT2D eigenvalue weighted by atomic mass is 9.87. The third-order valence-electron chi connectivity index (χ3n) is 2.84. The lowest BCUT2D eigenvalue weighted by molar-refractivity contribution is 0.235. The highest BCUT2D eigenvalue weighted by atomic mass is 32.2. The SMILES string of the molecule is CC(CO)C(N)Sc1ccc(C(C)(C)C)cc1. The summed E-state index contributed by atoms with van der Waals surface area (Å²) in [6.45, 7) is 8.70. The number of hydrogen-bond donors (Lipinski definition) is 2. The Hall–Kier alpha value is -0.510. The van der Waals surface area contributed by atoms with Gasteiger partial charge in [0.25, 0.3) is 0 Å². The van der Waals surface area contributed by atoms with Crippen LogP contribution in [0, 0.1) is 5.92 Å². The average molecular weight is 253 g/mol. The van der Waals surface area contributed by atoms with Crippen LogP contribution in [-0.4, -0.2) is 17.1 Å². The Morgan fingerprint density at radius 1 is 1.24 bits per heavy atom. The second-order valence-electron chi connectivity index (χ2n) is 5.52. The maximum atomic E-state index is 9.04. The molecular weight excluding hydrogens is 230 g/mol. The van der Waals surface area contributed by atoms with Crippen LogP contribution in [0.4, 0.5) is 0 Å². The summed E-state index contributed by atoms with van der Waals surface area (Å²) in [5, 5.41) is 8.99. The second kappa shape index (κ2) is 5.89. The molecule has 0 saturated heterocycles. The maximum Gasteiger partial charge on any atom is 0.0602 e. The van der Waals surface area contributed by atoms with Crippen molar-refractivity contribution >= 4 is 11.8 Å². The zero-order valence-electron chi connectivity index (χ0n) is 11.1. The molecule has 0 aromatic heterocycles. The molecule has 0 radical (unpaired) electrons. The Kier molecular flexibility index (Phi) is 5.04. The normalized spacial score (nSPS) is 15.6. The van der Waals surface area contributed by atoms with E-state index in [9.17, 15) is 0 Å². The predicted octanol–water partition coefficient (Wildman–Crippen LogP) is 2.99. The molecule has 17 heavy (non-hydrogen) atoms. The van der Waals surface area contributed by atoms with Gasteiger partial charge in [-0.25, -0.2) is 0 Å². The molecule has 1 rings (SSSR count). The van der Waals surface area contributed by atoms with Gasteiger partial charge in [-0.2, -0.15) is 0 Å². The largest absolute Gasteiger partial charge is 0.396 e. The number of hydrogen-bond acceptors (Lipinski definition) is 3. The van der Waals surface area contributed by atoms with Gasteiger partial charge in [-0.05, 0) is 23.1 Å². The van der Waals surface area contributed by atoms with Gasteiger partial charge in [0.05, 0.1) is 5.37 Å². The fourth-order valence-electron chi connectivity index (χ4n) is 1.41. The molecule has 0 heterocycles. The van der Waals surface area contributed by atoms with E-state index in [1.165, 1.54) is 5.56 Å². The Labute approximate surface area is 109 Å². The standard InChI is InChI=1S/C14H23NOS/c1-10(9-16)13(15)17-12-7-5-11(6-8-12)14(2,3)4/h5-8,10,13,16H,9,15H2,1-4H3. The summed E-state index contributed by atoms with van der Waals surface area (Å²) in [6.07, 6.45) is 0. The van der Waals surface area contributed by atoms with Crippen LogP contribution in [0.2, 0.25) is 0 Å². The monoisotopic (exact) mass is 253 g/mol. The molecule has 0 spiro atoms. The van der Waals surface area contributed by atoms with Gasteiger partial charge < -0.3 is 10.8 Å². The van der Waals surface area contributed by atoms with Crippen molar-refractivity contribution in [3.05, 3.63) is 29.8 Å². The fraction of sp³-hybridized carbons (Fsp3) is 0.571. The summed E-state index contributed by atoms with van der Waals surface area (Å²) < 4.78 is 0. The van der Waals surface area contributed by atoms with Crippen LogP contribution in [0.1, 0.15) is 33.3 Å². The number of thioether (sulfide) groups is 1. The van der Waals surface area contributed by atoms with E-state index in [-0.39, 0.29) is 23.3 Å². The Balaban J connectivity index is 2.69. The first-order valence-corrected chi connectivity index (χ1v) is 6.86. The lowest BCUT2D eigenvalue weighted by Gasteiger charge is -2.20. The summed E-state index contributed by atoms with van der Waals surface area (Å²) in [7, 11) is 0. The third-order valence-corrected chi connectivity index (χ3v) is 4.12. The van der Waals surface area contributed by atoms with Crippen molar-refractivity contribution in [3.63, 3.8) is 0 Å². The highest BCUT2D eigenvalue weighted by Gasteiger charge is 2.15. The molecule has 1 aromatic rings. The Bertz CT molecular complexity index is 342. The van der Waals surface area contributed by atoms with Crippen LogP contribution in [0.25, 0.3) is 0 Å². The third kappa shape index (κ3) is 4.34. The van der Waals surface area contributed by atoms with Gasteiger partial charge in [0.1, 0.15) is 0 Å². The molecule has 96 valence electrons. The number of nitrogens with two attached hydrogens (primary N) is 1. The van der Waals surface area contributed by atoms with Gasteiger partial charge in [-0.15, -0.1) is 11.8 Å². The van der Waals surface area contributed by atoms with Crippen molar-refractivity contribution in [1.29, 1.82) is 0 Å². The van der Waals surface area contributed by atoms with Crippen LogP contribution in [0.5, 0.6) is 0 Å². The first-order chi connectivity index (χ1) is 7.84. The van der Waals surface area contributed by atoms with E-state index in [0.717, 1.165) is 4.90 Å². The number of aliphatic hydroxyl groups is 1. The lowest BCUT2D eigenvalue weighted by Crippen LogP contribution is -2.26. The van der Waals surface area contributed by atoms with Crippen LogP contribution in [0.3, 0.4) is 0 Å². The van der Waals surface area contributed by atoms with E-state index >= 15 is 0 Å². The zero-order valence-corrected chi connectivity index (χ0v) is 11.9. The van der Waals surface area contributed by atoms with Crippen molar-refractivity contribution in [1.82, 2.24) is 0 Å². The van der Waals surface area contributed by atoms with Crippen molar-refractivity contribution in [3.8, 4) is 0 Å². The van der Waals surface area contributed by atoms with Crippen molar-refractivity contribution in [2.24, 2.45) is 11.7 Å². The molecule has 2 unspecified atom stereocenters. The van der Waals surface area contributed by atoms with E-state index < -0.39 is 0 Å². The van der Waals surface area contributed by atoms with E-state index in [0.29, 0.717) is 0 Å². The molecule has 0 saturated carbocycles. The zero-order chi connectivity index (χ0) is 13.1. The van der Waals surface area contributed by atoms with E-state index in [2.05, 4.69) is 45.0 Å². The second-order valence-corrected chi connectivity index (χ2v) is 6.77. The molecule has 0 fully saturated rings. The molecule has 0 bridgehead atoms. The van der Waals surface area contributed by atoms with Gasteiger partial charge in [0.2, 0.25) is 0 Å². The van der Waals surface area contributed by atoms with E-state index in [1.54, 1.807) is 11.8 Å². The van der Waals surface area contributed by atoms with Crippen LogP contribution in [-0.2, 0) is 5.41 Å².